The van der Waals surface area contributed by atoms with Crippen molar-refractivity contribution in [2.45, 2.75) is 39.0 Å². The van der Waals surface area contributed by atoms with E-state index in [2.05, 4.69) is 15.6 Å². The Balaban J connectivity index is 2.54. The number of aliphatic imine (C=N–C) groups is 1. The Morgan fingerprint density at radius 1 is 1.22 bits per heavy atom. The molecule has 0 heterocycles. The molecular formula is C17H29N3O2S. The average molecular weight is 340 g/mol. The van der Waals surface area contributed by atoms with E-state index in [1.807, 2.05) is 52.0 Å². The zero-order chi connectivity index (χ0) is 17.3. The molecule has 6 heteroatoms. The van der Waals surface area contributed by atoms with E-state index in [0.717, 1.165) is 23.8 Å². The van der Waals surface area contributed by atoms with Gasteiger partial charge in [-0.05, 0) is 45.4 Å². The third-order valence-corrected chi connectivity index (χ3v) is 5.13. The van der Waals surface area contributed by atoms with Gasteiger partial charge < -0.3 is 15.4 Å². The fraction of sp³-hybridized carbons (Fsp3) is 0.588. The van der Waals surface area contributed by atoms with Crippen molar-refractivity contribution in [1.29, 1.82) is 0 Å². The van der Waals surface area contributed by atoms with E-state index >= 15 is 0 Å². The molecule has 1 aromatic carbocycles. The van der Waals surface area contributed by atoms with Gasteiger partial charge in [0, 0.05) is 34.4 Å². The van der Waals surface area contributed by atoms with Gasteiger partial charge in [0.25, 0.3) is 0 Å². The molecule has 5 nitrogen and oxygen atoms in total. The van der Waals surface area contributed by atoms with Gasteiger partial charge in [-0.1, -0.05) is 12.1 Å². The van der Waals surface area contributed by atoms with E-state index in [4.69, 9.17) is 4.74 Å². The van der Waals surface area contributed by atoms with Gasteiger partial charge in [-0.3, -0.25) is 4.21 Å². The molecule has 0 amide bonds. The molecule has 0 radical (unpaired) electrons. The second kappa shape index (κ2) is 9.55. The first-order valence-electron chi connectivity index (χ1n) is 7.90. The number of ether oxygens (including phenoxy) is 1. The van der Waals surface area contributed by atoms with Crippen molar-refractivity contribution in [1.82, 2.24) is 10.6 Å². The van der Waals surface area contributed by atoms with Crippen LogP contribution in [0.5, 0.6) is 5.75 Å². The summed E-state index contributed by atoms with van der Waals surface area (Å²) in [6.45, 7) is 10.0. The Morgan fingerprint density at radius 3 is 2.39 bits per heavy atom. The molecule has 1 aromatic rings. The summed E-state index contributed by atoms with van der Waals surface area (Å²) in [5, 5.41) is 6.44. The number of benzene rings is 1. The first-order valence-corrected chi connectivity index (χ1v) is 9.22. The van der Waals surface area contributed by atoms with Gasteiger partial charge in [-0.15, -0.1) is 0 Å². The number of guanidine groups is 1. The normalized spacial score (nSPS) is 13.5. The van der Waals surface area contributed by atoms with Crippen LogP contribution in [0.15, 0.2) is 29.3 Å². The molecule has 0 aliphatic heterocycles. The van der Waals surface area contributed by atoms with E-state index in [9.17, 15) is 4.21 Å². The summed E-state index contributed by atoms with van der Waals surface area (Å²) < 4.78 is 17.0. The molecule has 0 saturated carbocycles. The van der Waals surface area contributed by atoms with Crippen LogP contribution >= 0.6 is 0 Å². The standard InChI is InChI=1S/C17H29N3O2S/c1-6-18-16(19-11-12-23(21)17(2,3)4)20-13-14-7-9-15(22-5)10-8-14/h7-10H,6,11-13H2,1-5H3,(H2,18,19,20). The average Bonchev–Trinajstić information content (AvgIpc) is 2.52. The van der Waals surface area contributed by atoms with Crippen molar-refractivity contribution in [3.8, 4) is 5.75 Å². The van der Waals surface area contributed by atoms with Crippen LogP contribution in [0, 0.1) is 0 Å². The van der Waals surface area contributed by atoms with Gasteiger partial charge >= 0.3 is 0 Å². The predicted octanol–water partition coefficient (Wildman–Crippen LogP) is 2.30. The molecule has 0 aliphatic carbocycles. The van der Waals surface area contributed by atoms with Gasteiger partial charge in [0.2, 0.25) is 0 Å². The number of methoxy groups -OCH3 is 1. The fourth-order valence-electron chi connectivity index (χ4n) is 1.81. The fourth-order valence-corrected chi connectivity index (χ4v) is 2.71. The summed E-state index contributed by atoms with van der Waals surface area (Å²) in [4.78, 5) is 4.55. The van der Waals surface area contributed by atoms with Crippen molar-refractivity contribution >= 4 is 16.8 Å². The molecule has 130 valence electrons. The zero-order valence-corrected chi connectivity index (χ0v) is 15.6. The van der Waals surface area contributed by atoms with Gasteiger partial charge in [0.1, 0.15) is 5.75 Å². The highest BCUT2D eigenvalue weighted by Gasteiger charge is 2.18. The van der Waals surface area contributed by atoms with Gasteiger partial charge in [0.05, 0.1) is 13.7 Å². The largest absolute Gasteiger partial charge is 0.497 e. The SMILES string of the molecule is CCNC(=NCc1ccc(OC)cc1)NCCS(=O)C(C)(C)C. The minimum Gasteiger partial charge on any atom is -0.497 e. The maximum atomic E-state index is 12.0. The van der Waals surface area contributed by atoms with Crippen LogP contribution in [-0.4, -0.2) is 40.9 Å². The van der Waals surface area contributed by atoms with E-state index in [1.165, 1.54) is 0 Å². The molecule has 2 N–H and O–H groups in total. The second-order valence-electron chi connectivity index (χ2n) is 6.13. The Kier molecular flexibility index (Phi) is 8.09. The summed E-state index contributed by atoms with van der Waals surface area (Å²) >= 11 is 0. The van der Waals surface area contributed by atoms with Gasteiger partial charge in [-0.25, -0.2) is 4.99 Å². The summed E-state index contributed by atoms with van der Waals surface area (Å²) in [5.41, 5.74) is 1.11. The molecule has 0 aromatic heterocycles. The Labute approximate surface area is 142 Å². The van der Waals surface area contributed by atoms with Crippen molar-refractivity contribution < 1.29 is 8.95 Å². The molecule has 1 unspecified atom stereocenters. The van der Waals surface area contributed by atoms with Crippen LogP contribution < -0.4 is 15.4 Å². The highest BCUT2D eigenvalue weighted by atomic mass is 32.2. The number of hydrogen-bond acceptors (Lipinski definition) is 3. The molecule has 1 rings (SSSR count). The van der Waals surface area contributed by atoms with Crippen LogP contribution in [-0.2, 0) is 17.3 Å². The zero-order valence-electron chi connectivity index (χ0n) is 14.8. The van der Waals surface area contributed by atoms with Crippen LogP contribution in [0.4, 0.5) is 0 Å². The van der Waals surface area contributed by atoms with Crippen LogP contribution in [0.25, 0.3) is 0 Å². The smallest absolute Gasteiger partial charge is 0.191 e. The Morgan fingerprint density at radius 2 is 1.87 bits per heavy atom. The number of nitrogens with one attached hydrogen (secondary N) is 2. The highest BCUT2D eigenvalue weighted by molar-refractivity contribution is 7.86. The van der Waals surface area contributed by atoms with Crippen molar-refractivity contribution in [3.05, 3.63) is 29.8 Å². The molecule has 0 aliphatic rings. The van der Waals surface area contributed by atoms with Gasteiger partial charge in [0.15, 0.2) is 5.96 Å². The van der Waals surface area contributed by atoms with Crippen molar-refractivity contribution in [2.75, 3.05) is 26.0 Å². The minimum absolute atomic E-state index is 0.180. The lowest BCUT2D eigenvalue weighted by Crippen LogP contribution is -2.40. The highest BCUT2D eigenvalue weighted by Crippen LogP contribution is 2.12. The third kappa shape index (κ3) is 7.50. The molecular weight excluding hydrogens is 310 g/mol. The maximum absolute atomic E-state index is 12.0. The summed E-state index contributed by atoms with van der Waals surface area (Å²) in [7, 11) is 0.794. The van der Waals surface area contributed by atoms with Crippen molar-refractivity contribution in [3.63, 3.8) is 0 Å². The van der Waals surface area contributed by atoms with Crippen LogP contribution in [0.3, 0.4) is 0 Å². The van der Waals surface area contributed by atoms with Crippen LogP contribution in [0.2, 0.25) is 0 Å². The summed E-state index contributed by atoms with van der Waals surface area (Å²) in [6.07, 6.45) is 0. The number of hydrogen-bond donors (Lipinski definition) is 2. The van der Waals surface area contributed by atoms with Crippen molar-refractivity contribution in [2.24, 2.45) is 4.99 Å². The second-order valence-corrected chi connectivity index (χ2v) is 8.46. The van der Waals surface area contributed by atoms with Gasteiger partial charge in [-0.2, -0.15) is 0 Å². The lowest BCUT2D eigenvalue weighted by molar-refractivity contribution is 0.414. The topological polar surface area (TPSA) is 62.7 Å². The molecule has 0 saturated heterocycles. The molecule has 0 fully saturated rings. The molecule has 0 bridgehead atoms. The Hall–Kier alpha value is -1.56. The van der Waals surface area contributed by atoms with E-state index in [0.29, 0.717) is 18.8 Å². The molecule has 1 atom stereocenters. The maximum Gasteiger partial charge on any atom is 0.191 e. The lowest BCUT2D eigenvalue weighted by Gasteiger charge is -2.18. The number of rotatable bonds is 7. The number of nitrogens with zero attached hydrogens (tertiary/aromatic N) is 1. The quantitative estimate of drug-likeness (QED) is 0.591. The monoisotopic (exact) mass is 339 g/mol. The lowest BCUT2D eigenvalue weighted by atomic mass is 10.2. The van der Waals surface area contributed by atoms with Crippen LogP contribution in [0.1, 0.15) is 33.3 Å². The Bertz CT molecular complexity index is 522. The summed E-state index contributed by atoms with van der Waals surface area (Å²) in [5.74, 6) is 2.19. The van der Waals surface area contributed by atoms with E-state index in [-0.39, 0.29) is 4.75 Å². The molecule has 23 heavy (non-hydrogen) atoms. The molecule has 0 spiro atoms. The first kappa shape index (κ1) is 19.5. The third-order valence-electron chi connectivity index (χ3n) is 3.19. The summed E-state index contributed by atoms with van der Waals surface area (Å²) in [6, 6.07) is 7.86. The minimum atomic E-state index is -0.861. The van der Waals surface area contributed by atoms with E-state index in [1.54, 1.807) is 7.11 Å². The first-order chi connectivity index (χ1) is 10.9. The predicted molar refractivity (Wildman–Crippen MR) is 98.6 cm³/mol. The van der Waals surface area contributed by atoms with E-state index < -0.39 is 10.8 Å².